The molecule has 0 aliphatic heterocycles. The summed E-state index contributed by atoms with van der Waals surface area (Å²) in [5.41, 5.74) is 0.531. The number of halogens is 1. The van der Waals surface area contributed by atoms with E-state index in [1.807, 2.05) is 6.92 Å². The summed E-state index contributed by atoms with van der Waals surface area (Å²) in [7, 11) is 1.32. The summed E-state index contributed by atoms with van der Waals surface area (Å²) in [4.78, 5) is 36.0. The average Bonchev–Trinajstić information content (AvgIpc) is 2.74. The minimum absolute atomic E-state index is 0.0158. The molecule has 0 N–H and O–H groups in total. The third-order valence-corrected chi connectivity index (χ3v) is 4.04. The van der Waals surface area contributed by atoms with E-state index in [0.29, 0.717) is 17.9 Å². The number of hydrogen-bond donors (Lipinski definition) is 0. The number of hydrogen-bond acceptors (Lipinski definition) is 6. The highest BCUT2D eigenvalue weighted by molar-refractivity contribution is 5.99. The van der Waals surface area contributed by atoms with E-state index in [2.05, 4.69) is 0 Å². The molecule has 154 valence electrons. The molecule has 0 aromatic heterocycles. The van der Waals surface area contributed by atoms with Gasteiger partial charge in [-0.3, -0.25) is 14.4 Å². The van der Waals surface area contributed by atoms with Crippen molar-refractivity contribution in [3.8, 4) is 11.5 Å². The summed E-state index contributed by atoms with van der Waals surface area (Å²) < 4.78 is 28.8. The standard InChI is InChI=1S/C22H23FO6/c1-3-12-28-17-7-4-15(5-8-17)19(24)9-11-22(26)29-14-20(25)16-6-10-21(27-2)18(23)13-16/h4-8,10,13H,3,9,11-12,14H2,1-2H3. The Labute approximate surface area is 168 Å². The molecule has 0 fully saturated rings. The van der Waals surface area contributed by atoms with Gasteiger partial charge in [-0.1, -0.05) is 6.92 Å². The number of ether oxygens (including phenoxy) is 3. The fourth-order valence-corrected chi connectivity index (χ4v) is 2.46. The van der Waals surface area contributed by atoms with Crippen LogP contribution in [0, 0.1) is 5.82 Å². The van der Waals surface area contributed by atoms with Gasteiger partial charge < -0.3 is 14.2 Å². The fraction of sp³-hybridized carbons (Fsp3) is 0.318. The third-order valence-electron chi connectivity index (χ3n) is 4.04. The van der Waals surface area contributed by atoms with Crippen LogP contribution in [0.25, 0.3) is 0 Å². The Kier molecular flexibility index (Phi) is 8.33. The largest absolute Gasteiger partial charge is 0.494 e. The molecule has 7 heteroatoms. The van der Waals surface area contributed by atoms with E-state index in [1.165, 1.54) is 19.2 Å². The van der Waals surface area contributed by atoms with Crippen molar-refractivity contribution in [2.75, 3.05) is 20.3 Å². The Morgan fingerprint density at radius 3 is 2.24 bits per heavy atom. The van der Waals surface area contributed by atoms with Gasteiger partial charge in [0.05, 0.1) is 20.1 Å². The maximum absolute atomic E-state index is 13.6. The zero-order valence-corrected chi connectivity index (χ0v) is 16.4. The summed E-state index contributed by atoms with van der Waals surface area (Å²) in [5.74, 6) is -1.43. The Morgan fingerprint density at radius 2 is 1.62 bits per heavy atom. The van der Waals surface area contributed by atoms with Gasteiger partial charge in [0.2, 0.25) is 0 Å². The van der Waals surface area contributed by atoms with Crippen LogP contribution in [0.2, 0.25) is 0 Å². The smallest absolute Gasteiger partial charge is 0.306 e. The minimum atomic E-state index is -0.679. The molecule has 2 aromatic carbocycles. The molecule has 0 amide bonds. The minimum Gasteiger partial charge on any atom is -0.494 e. The molecular formula is C22H23FO6. The van der Waals surface area contributed by atoms with Crippen LogP contribution in [0.3, 0.4) is 0 Å². The molecule has 0 unspecified atom stereocenters. The van der Waals surface area contributed by atoms with E-state index < -0.39 is 24.2 Å². The normalized spacial score (nSPS) is 10.3. The molecule has 0 saturated carbocycles. The quantitative estimate of drug-likeness (QED) is 0.417. The van der Waals surface area contributed by atoms with Crippen molar-refractivity contribution in [3.63, 3.8) is 0 Å². The van der Waals surface area contributed by atoms with Crippen LogP contribution in [0.5, 0.6) is 11.5 Å². The zero-order valence-electron chi connectivity index (χ0n) is 16.4. The van der Waals surface area contributed by atoms with Crippen molar-refractivity contribution in [1.82, 2.24) is 0 Å². The Hall–Kier alpha value is -3.22. The Morgan fingerprint density at radius 1 is 0.931 bits per heavy atom. The summed E-state index contributed by atoms with van der Waals surface area (Å²) in [5, 5.41) is 0. The first-order chi connectivity index (χ1) is 13.9. The maximum atomic E-state index is 13.6. The number of carbonyl (C=O) groups excluding carboxylic acids is 3. The van der Waals surface area contributed by atoms with Gasteiger partial charge in [-0.2, -0.15) is 0 Å². The molecular weight excluding hydrogens is 379 g/mol. The predicted molar refractivity (Wildman–Crippen MR) is 104 cm³/mol. The molecule has 6 nitrogen and oxygen atoms in total. The predicted octanol–water partition coefficient (Wildman–Crippen LogP) is 4.01. The van der Waals surface area contributed by atoms with Crippen LogP contribution >= 0.6 is 0 Å². The van der Waals surface area contributed by atoms with Crippen LogP contribution in [-0.4, -0.2) is 37.9 Å². The second-order valence-corrected chi connectivity index (χ2v) is 6.23. The third kappa shape index (κ3) is 6.71. The van der Waals surface area contributed by atoms with Gasteiger partial charge in [0, 0.05) is 17.5 Å². The van der Waals surface area contributed by atoms with Gasteiger partial charge in [0.1, 0.15) is 5.75 Å². The van der Waals surface area contributed by atoms with E-state index in [-0.39, 0.29) is 29.9 Å². The summed E-state index contributed by atoms with van der Waals surface area (Å²) >= 11 is 0. The number of carbonyl (C=O) groups is 3. The number of methoxy groups -OCH3 is 1. The van der Waals surface area contributed by atoms with Crippen molar-refractivity contribution in [2.24, 2.45) is 0 Å². The molecule has 0 atom stereocenters. The van der Waals surface area contributed by atoms with Crippen molar-refractivity contribution in [2.45, 2.75) is 26.2 Å². The average molecular weight is 402 g/mol. The second-order valence-electron chi connectivity index (χ2n) is 6.23. The van der Waals surface area contributed by atoms with Crippen molar-refractivity contribution in [1.29, 1.82) is 0 Å². The maximum Gasteiger partial charge on any atom is 0.306 e. The molecule has 0 radical (unpaired) electrons. The number of rotatable bonds is 11. The number of ketones is 2. The van der Waals surface area contributed by atoms with Crippen LogP contribution in [0.1, 0.15) is 46.9 Å². The second kappa shape index (κ2) is 10.9. The first-order valence-electron chi connectivity index (χ1n) is 9.23. The molecule has 0 spiro atoms. The van der Waals surface area contributed by atoms with Gasteiger partial charge >= 0.3 is 5.97 Å². The van der Waals surface area contributed by atoms with E-state index >= 15 is 0 Å². The number of benzene rings is 2. The highest BCUT2D eigenvalue weighted by atomic mass is 19.1. The van der Waals surface area contributed by atoms with Gasteiger partial charge in [-0.25, -0.2) is 4.39 Å². The molecule has 0 bridgehead atoms. The molecule has 0 heterocycles. The van der Waals surface area contributed by atoms with E-state index in [9.17, 15) is 18.8 Å². The van der Waals surface area contributed by atoms with Crippen molar-refractivity contribution >= 4 is 17.5 Å². The molecule has 29 heavy (non-hydrogen) atoms. The Bertz CT molecular complexity index is 860. The van der Waals surface area contributed by atoms with Crippen LogP contribution in [0.4, 0.5) is 4.39 Å². The van der Waals surface area contributed by atoms with E-state index in [0.717, 1.165) is 12.5 Å². The molecule has 0 saturated heterocycles. The highest BCUT2D eigenvalue weighted by Gasteiger charge is 2.14. The lowest BCUT2D eigenvalue weighted by molar-refractivity contribution is -0.142. The first kappa shape index (κ1) is 22.1. The van der Waals surface area contributed by atoms with Crippen LogP contribution < -0.4 is 9.47 Å². The first-order valence-corrected chi connectivity index (χ1v) is 9.23. The SMILES string of the molecule is CCCOc1ccc(C(=O)CCC(=O)OCC(=O)c2ccc(OC)c(F)c2)cc1. The van der Waals surface area contributed by atoms with Gasteiger partial charge in [-0.05, 0) is 48.9 Å². The number of Topliss-reactive ketones (excluding diaryl/α,β-unsaturated/α-hetero) is 2. The van der Waals surface area contributed by atoms with Crippen LogP contribution in [0.15, 0.2) is 42.5 Å². The lowest BCUT2D eigenvalue weighted by Crippen LogP contribution is -2.15. The van der Waals surface area contributed by atoms with E-state index in [4.69, 9.17) is 14.2 Å². The van der Waals surface area contributed by atoms with Gasteiger partial charge in [-0.15, -0.1) is 0 Å². The van der Waals surface area contributed by atoms with Crippen molar-refractivity contribution < 1.29 is 33.0 Å². The topological polar surface area (TPSA) is 78.9 Å². The van der Waals surface area contributed by atoms with Crippen LogP contribution in [-0.2, 0) is 9.53 Å². The zero-order chi connectivity index (χ0) is 21.2. The number of esters is 1. The molecule has 2 aromatic rings. The van der Waals surface area contributed by atoms with E-state index in [1.54, 1.807) is 24.3 Å². The van der Waals surface area contributed by atoms with Crippen molar-refractivity contribution in [3.05, 3.63) is 59.4 Å². The van der Waals surface area contributed by atoms with Gasteiger partial charge in [0.15, 0.2) is 29.7 Å². The summed E-state index contributed by atoms with van der Waals surface area (Å²) in [6.45, 7) is 2.07. The molecule has 0 aliphatic carbocycles. The monoisotopic (exact) mass is 402 g/mol. The Balaban J connectivity index is 1.78. The summed E-state index contributed by atoms with van der Waals surface area (Å²) in [6.07, 6.45) is 0.690. The van der Waals surface area contributed by atoms with Gasteiger partial charge in [0.25, 0.3) is 0 Å². The molecule has 0 aliphatic rings. The molecule has 2 rings (SSSR count). The fourth-order valence-electron chi connectivity index (χ4n) is 2.46. The summed E-state index contributed by atoms with van der Waals surface area (Å²) in [6, 6.07) is 10.4. The lowest BCUT2D eigenvalue weighted by atomic mass is 10.1. The lowest BCUT2D eigenvalue weighted by Gasteiger charge is -2.07. The highest BCUT2D eigenvalue weighted by Crippen LogP contribution is 2.18.